The highest BCUT2D eigenvalue weighted by atomic mass is 32.2. The highest BCUT2D eigenvalue weighted by molar-refractivity contribution is 7.92. The molecule has 212 valence electrons. The number of carbonyl (C=O) groups is 1. The molecule has 1 amide bonds. The zero-order valence-electron chi connectivity index (χ0n) is 23.3. The van der Waals surface area contributed by atoms with E-state index in [1.807, 2.05) is 74.5 Å². The minimum atomic E-state index is -3.54. The van der Waals surface area contributed by atoms with Crippen molar-refractivity contribution in [1.82, 2.24) is 5.43 Å². The topological polar surface area (TPSA) is 97.3 Å². The van der Waals surface area contributed by atoms with Crippen molar-refractivity contribution in [2.24, 2.45) is 5.10 Å². The molecule has 0 unspecified atom stereocenters. The molecule has 0 bridgehead atoms. The second-order valence-corrected chi connectivity index (χ2v) is 11.3. The van der Waals surface area contributed by atoms with Gasteiger partial charge in [0.1, 0.15) is 6.61 Å². The fraction of sp³-hybridized carbons (Fsp3) is 0.188. The Morgan fingerprint density at radius 2 is 1.59 bits per heavy atom. The summed E-state index contributed by atoms with van der Waals surface area (Å²) in [5.41, 5.74) is 7.04. The lowest BCUT2D eigenvalue weighted by Gasteiger charge is -2.22. The van der Waals surface area contributed by atoms with Gasteiger partial charge in [0.15, 0.2) is 11.5 Å². The Hall–Kier alpha value is -4.63. The first-order valence-corrected chi connectivity index (χ1v) is 15.0. The number of sulfonamides is 1. The van der Waals surface area contributed by atoms with Crippen molar-refractivity contribution in [3.05, 3.63) is 125 Å². The largest absolute Gasteiger partial charge is 0.490 e. The van der Waals surface area contributed by atoms with E-state index < -0.39 is 15.9 Å². The smallest absolute Gasteiger partial charge is 0.271 e. The minimum Gasteiger partial charge on any atom is -0.490 e. The Labute approximate surface area is 241 Å². The first-order valence-electron chi connectivity index (χ1n) is 13.1. The average Bonchev–Trinajstić information content (AvgIpc) is 2.96. The van der Waals surface area contributed by atoms with Crippen LogP contribution in [-0.2, 0) is 23.2 Å². The molecule has 4 aromatic rings. The van der Waals surface area contributed by atoms with Crippen LogP contribution in [0.5, 0.6) is 11.5 Å². The number of benzene rings is 4. The molecule has 0 aromatic heterocycles. The molecule has 4 aromatic carbocycles. The lowest BCUT2D eigenvalue weighted by Crippen LogP contribution is -2.29. The summed E-state index contributed by atoms with van der Waals surface area (Å²) in [6.45, 7) is 4.94. The molecule has 0 spiro atoms. The third-order valence-electron chi connectivity index (χ3n) is 6.15. The molecule has 0 atom stereocenters. The summed E-state index contributed by atoms with van der Waals surface area (Å²) in [7, 11) is -3.54. The summed E-state index contributed by atoms with van der Waals surface area (Å²) < 4.78 is 38.0. The maximum Gasteiger partial charge on any atom is 0.271 e. The third-order valence-corrected chi connectivity index (χ3v) is 7.29. The molecule has 0 aliphatic rings. The van der Waals surface area contributed by atoms with Gasteiger partial charge in [-0.05, 0) is 73.0 Å². The lowest BCUT2D eigenvalue weighted by molar-refractivity contribution is 0.0955. The Balaban J connectivity index is 1.39. The molecule has 8 nitrogen and oxygen atoms in total. The van der Waals surface area contributed by atoms with Gasteiger partial charge in [-0.1, -0.05) is 60.2 Å². The van der Waals surface area contributed by atoms with Gasteiger partial charge in [0.25, 0.3) is 5.91 Å². The van der Waals surface area contributed by atoms with Crippen molar-refractivity contribution in [2.45, 2.75) is 27.0 Å². The van der Waals surface area contributed by atoms with Gasteiger partial charge in [0.2, 0.25) is 10.0 Å². The van der Waals surface area contributed by atoms with Gasteiger partial charge in [-0.15, -0.1) is 0 Å². The summed E-state index contributed by atoms with van der Waals surface area (Å²) >= 11 is 0. The number of nitrogens with zero attached hydrogens (tertiary/aromatic N) is 2. The van der Waals surface area contributed by atoms with E-state index in [1.165, 1.54) is 10.5 Å². The van der Waals surface area contributed by atoms with E-state index in [4.69, 9.17) is 9.47 Å². The van der Waals surface area contributed by atoms with Crippen molar-refractivity contribution < 1.29 is 22.7 Å². The predicted octanol–water partition coefficient (Wildman–Crippen LogP) is 5.70. The van der Waals surface area contributed by atoms with Gasteiger partial charge in [0.05, 0.1) is 31.3 Å². The molecule has 41 heavy (non-hydrogen) atoms. The van der Waals surface area contributed by atoms with Crippen molar-refractivity contribution in [1.29, 1.82) is 0 Å². The van der Waals surface area contributed by atoms with Crippen LogP contribution in [0.15, 0.2) is 102 Å². The Kier molecular flexibility index (Phi) is 9.76. The number of ether oxygens (including phenoxy) is 2. The first kappa shape index (κ1) is 29.4. The van der Waals surface area contributed by atoms with Crippen LogP contribution < -0.4 is 19.2 Å². The Morgan fingerprint density at radius 1 is 0.878 bits per heavy atom. The molecule has 0 radical (unpaired) electrons. The van der Waals surface area contributed by atoms with Crippen molar-refractivity contribution >= 4 is 27.8 Å². The molecule has 9 heteroatoms. The van der Waals surface area contributed by atoms with E-state index in [2.05, 4.69) is 10.5 Å². The molecular formula is C32H33N3O5S. The first-order chi connectivity index (χ1) is 19.7. The monoisotopic (exact) mass is 571 g/mol. The molecular weight excluding hydrogens is 538 g/mol. The fourth-order valence-corrected chi connectivity index (χ4v) is 4.88. The number of hydrogen-bond acceptors (Lipinski definition) is 6. The minimum absolute atomic E-state index is 0.189. The average molecular weight is 572 g/mol. The van der Waals surface area contributed by atoms with Crippen molar-refractivity contribution in [3.63, 3.8) is 0 Å². The molecule has 0 saturated heterocycles. The van der Waals surface area contributed by atoms with Crippen LogP contribution >= 0.6 is 0 Å². The number of carbonyl (C=O) groups excluding carboxylic acids is 1. The zero-order chi connectivity index (χ0) is 29.2. The van der Waals surface area contributed by atoms with Gasteiger partial charge < -0.3 is 9.47 Å². The Morgan fingerprint density at radius 3 is 2.24 bits per heavy atom. The van der Waals surface area contributed by atoms with Crippen molar-refractivity contribution in [2.75, 3.05) is 17.2 Å². The van der Waals surface area contributed by atoms with E-state index >= 15 is 0 Å². The highest BCUT2D eigenvalue weighted by Gasteiger charge is 2.18. The zero-order valence-corrected chi connectivity index (χ0v) is 24.1. The Bertz CT molecular complexity index is 1590. The van der Waals surface area contributed by atoms with E-state index in [0.717, 1.165) is 28.5 Å². The molecule has 0 aliphatic heterocycles. The van der Waals surface area contributed by atoms with E-state index in [-0.39, 0.29) is 6.54 Å². The van der Waals surface area contributed by atoms with Gasteiger partial charge in [-0.3, -0.25) is 9.10 Å². The maximum absolute atomic E-state index is 12.7. The molecule has 0 fully saturated rings. The number of nitrogens with one attached hydrogen (secondary N) is 1. The molecule has 4 rings (SSSR count). The quantitative estimate of drug-likeness (QED) is 0.174. The summed E-state index contributed by atoms with van der Waals surface area (Å²) in [6.07, 6.45) is 2.68. The van der Waals surface area contributed by atoms with Gasteiger partial charge >= 0.3 is 0 Å². The van der Waals surface area contributed by atoms with Crippen LogP contribution in [0.3, 0.4) is 0 Å². The maximum atomic E-state index is 12.7. The number of hydrogen-bond donors (Lipinski definition) is 1. The summed E-state index contributed by atoms with van der Waals surface area (Å²) in [5.74, 6) is 0.767. The third kappa shape index (κ3) is 8.43. The number of rotatable bonds is 12. The van der Waals surface area contributed by atoms with Gasteiger partial charge in [-0.25, -0.2) is 13.8 Å². The normalized spacial score (nSPS) is 11.3. The second-order valence-electron chi connectivity index (χ2n) is 9.41. The number of hydrazone groups is 1. The second kappa shape index (κ2) is 13.6. The predicted molar refractivity (Wildman–Crippen MR) is 162 cm³/mol. The van der Waals surface area contributed by atoms with Crippen LogP contribution in [0, 0.1) is 6.92 Å². The fourth-order valence-electron chi connectivity index (χ4n) is 4.00. The summed E-state index contributed by atoms with van der Waals surface area (Å²) in [4.78, 5) is 12.7. The number of aryl methyl sites for hydroxylation is 1. The van der Waals surface area contributed by atoms with E-state index in [9.17, 15) is 13.2 Å². The summed E-state index contributed by atoms with van der Waals surface area (Å²) in [6, 6.07) is 29.3. The van der Waals surface area contributed by atoms with E-state index in [0.29, 0.717) is 36.0 Å². The van der Waals surface area contributed by atoms with Crippen LogP contribution in [-0.4, -0.2) is 33.4 Å². The molecule has 0 aliphatic carbocycles. The highest BCUT2D eigenvalue weighted by Crippen LogP contribution is 2.29. The van der Waals surface area contributed by atoms with Crippen molar-refractivity contribution in [3.8, 4) is 11.5 Å². The van der Waals surface area contributed by atoms with E-state index in [1.54, 1.807) is 36.4 Å². The van der Waals surface area contributed by atoms with Gasteiger partial charge in [-0.2, -0.15) is 5.10 Å². The van der Waals surface area contributed by atoms with Crippen LogP contribution in [0.1, 0.15) is 39.5 Å². The van der Waals surface area contributed by atoms with Crippen LogP contribution in [0.25, 0.3) is 0 Å². The van der Waals surface area contributed by atoms with Crippen LogP contribution in [0.2, 0.25) is 0 Å². The van der Waals surface area contributed by atoms with Gasteiger partial charge in [0, 0.05) is 5.56 Å². The lowest BCUT2D eigenvalue weighted by atomic mass is 10.1. The van der Waals surface area contributed by atoms with Crippen LogP contribution in [0.4, 0.5) is 5.69 Å². The number of amides is 1. The molecule has 0 heterocycles. The summed E-state index contributed by atoms with van der Waals surface area (Å²) in [5, 5.41) is 4.07. The number of anilines is 1. The molecule has 0 saturated carbocycles. The molecule has 1 N–H and O–H groups in total. The standard InChI is InChI=1S/C32H33N3O5S/c1-4-39-31-20-27(14-19-30(31)40-23-26-8-6-5-7-9-26)21-33-34-32(36)28-15-17-29(18-16-28)35(41(3,37)38)22-25-12-10-24(2)11-13-25/h5-21H,4,22-23H2,1-3H3,(H,34,36)/b33-21-. The SMILES string of the molecule is CCOc1cc(/C=N\NC(=O)c2ccc(N(Cc3ccc(C)cc3)S(C)(=O)=O)cc2)ccc1OCc1ccccc1.